The number of benzene rings is 2. The van der Waals surface area contributed by atoms with Crippen LogP contribution >= 0.6 is 0 Å². The zero-order valence-corrected chi connectivity index (χ0v) is 14.2. The number of likely N-dealkylation sites (tertiary alicyclic amines) is 1. The lowest BCUT2D eigenvalue weighted by Crippen LogP contribution is -2.40. The van der Waals surface area contributed by atoms with E-state index in [1.807, 2.05) is 12.1 Å². The number of carbonyl (C=O) groups excluding carboxylic acids is 1. The fraction of sp³-hybridized carbons (Fsp3) is 0.318. The molecule has 1 amide bonds. The third kappa shape index (κ3) is 2.89. The largest absolute Gasteiger partial charge is 0.448 e. The van der Waals surface area contributed by atoms with Gasteiger partial charge in [-0.3, -0.25) is 0 Å². The number of amides is 1. The average Bonchev–Trinajstić information content (AvgIpc) is 3.00. The maximum atomic E-state index is 12.5. The van der Waals surface area contributed by atoms with Crippen LogP contribution in [0.1, 0.15) is 29.9 Å². The molecule has 2 aliphatic rings. The lowest BCUT2D eigenvalue weighted by atomic mass is 9.98. The fourth-order valence-electron chi connectivity index (χ4n) is 3.96. The summed E-state index contributed by atoms with van der Waals surface area (Å²) < 4.78 is 5.69. The second-order valence-corrected chi connectivity index (χ2v) is 6.76. The van der Waals surface area contributed by atoms with Gasteiger partial charge in [0.15, 0.2) is 0 Å². The van der Waals surface area contributed by atoms with Gasteiger partial charge in [-0.1, -0.05) is 48.5 Å². The van der Waals surface area contributed by atoms with Gasteiger partial charge in [0.25, 0.3) is 0 Å². The Balaban J connectivity index is 1.50. The molecule has 0 spiro atoms. The zero-order valence-electron chi connectivity index (χ0n) is 14.2. The first kappa shape index (κ1) is 15.8. The van der Waals surface area contributed by atoms with Crippen LogP contribution in [0.25, 0.3) is 11.1 Å². The number of hydrogen-bond acceptors (Lipinski definition) is 2. The van der Waals surface area contributed by atoms with Crippen LogP contribution in [-0.4, -0.2) is 30.7 Å². The van der Waals surface area contributed by atoms with Gasteiger partial charge in [0, 0.05) is 24.9 Å². The molecular weight excluding hydrogens is 310 g/mol. The van der Waals surface area contributed by atoms with E-state index in [0.717, 1.165) is 19.4 Å². The van der Waals surface area contributed by atoms with E-state index in [1.165, 1.54) is 22.3 Å². The van der Waals surface area contributed by atoms with Crippen LogP contribution in [0, 0.1) is 18.3 Å². The summed E-state index contributed by atoms with van der Waals surface area (Å²) in [5, 5.41) is 0. The average molecular weight is 331 g/mol. The Morgan fingerprint density at radius 2 is 1.76 bits per heavy atom. The van der Waals surface area contributed by atoms with Crippen molar-refractivity contribution in [3.05, 3.63) is 59.7 Å². The summed E-state index contributed by atoms with van der Waals surface area (Å²) in [5.41, 5.74) is 4.95. The second-order valence-electron chi connectivity index (χ2n) is 6.76. The lowest BCUT2D eigenvalue weighted by Gasteiger charge is -2.30. The number of carbonyl (C=O) groups is 1. The van der Waals surface area contributed by atoms with Crippen LogP contribution in [-0.2, 0) is 4.74 Å². The molecule has 1 atom stereocenters. The molecular formula is C22H21NO2. The van der Waals surface area contributed by atoms with Gasteiger partial charge >= 0.3 is 6.09 Å². The van der Waals surface area contributed by atoms with Crippen molar-refractivity contribution >= 4 is 6.09 Å². The molecule has 4 rings (SSSR count). The molecule has 1 fully saturated rings. The highest BCUT2D eigenvalue weighted by Gasteiger charge is 2.30. The van der Waals surface area contributed by atoms with Crippen molar-refractivity contribution in [2.45, 2.75) is 18.8 Å². The maximum Gasteiger partial charge on any atom is 0.409 e. The smallest absolute Gasteiger partial charge is 0.409 e. The minimum Gasteiger partial charge on any atom is -0.448 e. The Morgan fingerprint density at radius 3 is 2.40 bits per heavy atom. The van der Waals surface area contributed by atoms with E-state index in [0.29, 0.717) is 13.2 Å². The quantitative estimate of drug-likeness (QED) is 0.769. The molecule has 1 heterocycles. The summed E-state index contributed by atoms with van der Waals surface area (Å²) in [5.74, 6) is 3.01. The van der Waals surface area contributed by atoms with Crippen LogP contribution in [0.5, 0.6) is 0 Å². The van der Waals surface area contributed by atoms with Gasteiger partial charge in [-0.2, -0.15) is 0 Å². The lowest BCUT2D eigenvalue weighted by molar-refractivity contribution is 0.0877. The third-order valence-corrected chi connectivity index (χ3v) is 5.25. The Morgan fingerprint density at radius 1 is 1.12 bits per heavy atom. The topological polar surface area (TPSA) is 29.5 Å². The first-order valence-electron chi connectivity index (χ1n) is 8.84. The molecule has 25 heavy (non-hydrogen) atoms. The number of terminal acetylenes is 1. The standard InChI is InChI=1S/C22H21NO2/c1-2-16-8-7-13-23(14-16)22(24)25-15-21-19-11-5-3-9-17(19)18-10-4-6-12-20(18)21/h1,3-6,9-12,16,21H,7-8,13-15H2. The number of ether oxygens (including phenoxy) is 1. The maximum absolute atomic E-state index is 12.5. The number of hydrogen-bond donors (Lipinski definition) is 0. The molecule has 3 nitrogen and oxygen atoms in total. The predicted octanol–water partition coefficient (Wildman–Crippen LogP) is 4.28. The van der Waals surface area contributed by atoms with E-state index in [9.17, 15) is 4.79 Å². The molecule has 0 bridgehead atoms. The highest BCUT2D eigenvalue weighted by molar-refractivity contribution is 5.79. The Kier molecular flexibility index (Phi) is 4.19. The highest BCUT2D eigenvalue weighted by Crippen LogP contribution is 2.44. The van der Waals surface area contributed by atoms with Crippen molar-refractivity contribution in [1.29, 1.82) is 0 Å². The molecule has 1 unspecified atom stereocenters. The fourth-order valence-corrected chi connectivity index (χ4v) is 3.96. The van der Waals surface area contributed by atoms with E-state index < -0.39 is 0 Å². The zero-order chi connectivity index (χ0) is 17.2. The number of nitrogens with zero attached hydrogens (tertiary/aromatic N) is 1. The van der Waals surface area contributed by atoms with Gasteiger partial charge < -0.3 is 9.64 Å². The molecule has 1 saturated heterocycles. The molecule has 2 aromatic carbocycles. The summed E-state index contributed by atoms with van der Waals surface area (Å²) in [6.07, 6.45) is 7.20. The van der Waals surface area contributed by atoms with Gasteiger partial charge in [-0.25, -0.2) is 4.79 Å². The Labute approximate surface area is 148 Å². The molecule has 0 saturated carbocycles. The monoisotopic (exact) mass is 331 g/mol. The van der Waals surface area contributed by atoms with E-state index in [2.05, 4.69) is 42.3 Å². The van der Waals surface area contributed by atoms with E-state index in [1.54, 1.807) is 4.90 Å². The van der Waals surface area contributed by atoms with Gasteiger partial charge in [0.2, 0.25) is 0 Å². The number of piperidine rings is 1. The van der Waals surface area contributed by atoms with Crippen molar-refractivity contribution < 1.29 is 9.53 Å². The molecule has 0 radical (unpaired) electrons. The molecule has 3 heteroatoms. The SMILES string of the molecule is C#CC1CCCN(C(=O)OCC2c3ccccc3-c3ccccc32)C1. The van der Waals surface area contributed by atoms with Gasteiger partial charge in [-0.05, 0) is 35.1 Å². The highest BCUT2D eigenvalue weighted by atomic mass is 16.6. The van der Waals surface area contributed by atoms with Gasteiger partial charge in [0.1, 0.15) is 6.61 Å². The van der Waals surface area contributed by atoms with Gasteiger partial charge in [-0.15, -0.1) is 12.3 Å². The summed E-state index contributed by atoms with van der Waals surface area (Å²) in [6.45, 7) is 1.70. The second kappa shape index (κ2) is 6.64. The molecule has 1 aliphatic heterocycles. The Hall–Kier alpha value is -2.73. The first-order valence-corrected chi connectivity index (χ1v) is 8.84. The molecule has 2 aromatic rings. The molecule has 1 aliphatic carbocycles. The van der Waals surface area contributed by atoms with Crippen LogP contribution in [0.3, 0.4) is 0 Å². The van der Waals surface area contributed by atoms with Crippen molar-refractivity contribution in [3.63, 3.8) is 0 Å². The Bertz CT molecular complexity index is 790. The van der Waals surface area contributed by atoms with Crippen LogP contribution in [0.2, 0.25) is 0 Å². The third-order valence-electron chi connectivity index (χ3n) is 5.25. The summed E-state index contributed by atoms with van der Waals surface area (Å²) >= 11 is 0. The van der Waals surface area contributed by atoms with Crippen molar-refractivity contribution in [1.82, 2.24) is 4.90 Å². The minimum absolute atomic E-state index is 0.101. The van der Waals surface area contributed by atoms with Gasteiger partial charge in [0.05, 0.1) is 0 Å². The van der Waals surface area contributed by atoms with E-state index >= 15 is 0 Å². The normalized spacial score (nSPS) is 19.0. The summed E-state index contributed by atoms with van der Waals surface area (Å²) in [6, 6.07) is 16.7. The van der Waals surface area contributed by atoms with Crippen LogP contribution in [0.4, 0.5) is 4.79 Å². The molecule has 126 valence electrons. The van der Waals surface area contributed by atoms with Crippen molar-refractivity contribution in [2.75, 3.05) is 19.7 Å². The van der Waals surface area contributed by atoms with Crippen LogP contribution < -0.4 is 0 Å². The van der Waals surface area contributed by atoms with Crippen LogP contribution in [0.15, 0.2) is 48.5 Å². The van der Waals surface area contributed by atoms with Crippen molar-refractivity contribution in [2.24, 2.45) is 5.92 Å². The predicted molar refractivity (Wildman–Crippen MR) is 98.2 cm³/mol. The van der Waals surface area contributed by atoms with Crippen molar-refractivity contribution in [3.8, 4) is 23.5 Å². The molecule has 0 aromatic heterocycles. The minimum atomic E-state index is -0.248. The number of fused-ring (bicyclic) bond motifs is 3. The number of rotatable bonds is 2. The van der Waals surface area contributed by atoms with E-state index in [-0.39, 0.29) is 17.9 Å². The molecule has 0 N–H and O–H groups in total. The first-order chi connectivity index (χ1) is 12.3. The summed E-state index contributed by atoms with van der Waals surface area (Å²) in [7, 11) is 0. The van der Waals surface area contributed by atoms with E-state index in [4.69, 9.17) is 11.2 Å². The summed E-state index contributed by atoms with van der Waals surface area (Å²) in [4.78, 5) is 14.2.